The number of terminal acetylenes is 1. The summed E-state index contributed by atoms with van der Waals surface area (Å²) in [6, 6.07) is 7.77. The van der Waals surface area contributed by atoms with Crippen molar-refractivity contribution in [2.45, 2.75) is 52.9 Å². The maximum atomic E-state index is 14.5. The first-order chi connectivity index (χ1) is 29.7. The van der Waals surface area contributed by atoms with E-state index in [1.165, 1.54) is 57.7 Å². The monoisotopic (exact) mass is 980 g/mol. The molecule has 0 fully saturated rings. The third kappa shape index (κ3) is 16.9. The fourth-order valence-electron chi connectivity index (χ4n) is 5.46. The number of hydrogen-bond donors (Lipinski definition) is 3. The van der Waals surface area contributed by atoms with Crippen LogP contribution in [-0.2, 0) is 49.0 Å². The van der Waals surface area contributed by atoms with E-state index >= 15 is 0 Å². The number of anilines is 2. The van der Waals surface area contributed by atoms with Crippen LogP contribution < -0.4 is 34.3 Å². The van der Waals surface area contributed by atoms with E-state index in [-0.39, 0.29) is 52.7 Å². The molecule has 2 aromatic heterocycles. The summed E-state index contributed by atoms with van der Waals surface area (Å²) in [5.74, 6) is 0.805. The van der Waals surface area contributed by atoms with Crippen LogP contribution in [0.4, 0.5) is 39.0 Å². The number of alkyl halides is 3. The summed E-state index contributed by atoms with van der Waals surface area (Å²) in [7, 11) is -3.71. The molecular formula is C38H46F5N8O9PS3. The van der Waals surface area contributed by atoms with Crippen LogP contribution in [0.1, 0.15) is 38.5 Å². The highest BCUT2D eigenvalue weighted by Crippen LogP contribution is 2.38. The number of carbonyl (C=O) groups excluding carboxylic acids is 2. The number of carboxylic acid groups (broad SMARTS) is 1. The zero-order valence-electron chi connectivity index (χ0n) is 35.5. The standard InChI is InChI=1S/C18H17FN4O2S.C14H13F4N3O2S.C3H8NO5P.C3H9S/c1-4-5-22-13-7-12(11(19)6-14(13)25-9-16(22)24)20-17-23-10-18(2,3)8-15(23)21-26-17;1-8(2)21(10-5-3-9(15)4-6-10)11(22)7-23-13-20-19-12(24-13)14(16,17)18;5-3(6)1-4-2-10(7,8)9;1-4(2)3/h1,6-7H,5,8-10H2,2-3H3;3-6,8H,7H2,1-2H3;4H,1-2H2,(H,5,6)(H2,7,8,9);1-3H3/q;;;+1/p-1/b20-17-;;;. The van der Waals surface area contributed by atoms with Crippen molar-refractivity contribution in [1.29, 1.82) is 0 Å². The molecule has 4 heterocycles. The molecule has 2 aliphatic heterocycles. The largest absolute Gasteiger partial charge is 0.778 e. The molecule has 0 aliphatic carbocycles. The Bertz CT molecular complexity index is 2400. The van der Waals surface area contributed by atoms with E-state index in [2.05, 4.69) is 58.1 Å². The SMILES string of the molecule is C#CCN1C(=O)COc2cc(F)c(/N=c3\snc4n3CC(C)(C)C4)cc21.CC(C)N(C(=O)COc1nnc(C(F)(F)F)s1)c1ccc(F)cc1.C[S+](C)C.O=C(O)CNCP(=O)([O-])O. The Morgan fingerprint density at radius 3 is 2.38 bits per heavy atom. The van der Waals surface area contributed by atoms with Gasteiger partial charge in [0.2, 0.25) is 9.81 Å². The van der Waals surface area contributed by atoms with Gasteiger partial charge in [0.15, 0.2) is 19.0 Å². The number of nitrogens with one attached hydrogen (secondary N) is 1. The van der Waals surface area contributed by atoms with E-state index in [1.54, 1.807) is 13.8 Å². The van der Waals surface area contributed by atoms with Crippen molar-refractivity contribution >= 4 is 76.2 Å². The lowest BCUT2D eigenvalue weighted by Crippen LogP contribution is -2.40. The van der Waals surface area contributed by atoms with Gasteiger partial charge in [-0.3, -0.25) is 24.6 Å². The van der Waals surface area contributed by atoms with E-state index in [0.717, 1.165) is 18.8 Å². The molecule has 0 radical (unpaired) electrons. The first-order valence-corrected chi connectivity index (χ1v) is 24.4. The third-order valence-corrected chi connectivity index (χ3v) is 10.2. The van der Waals surface area contributed by atoms with Gasteiger partial charge >= 0.3 is 12.1 Å². The van der Waals surface area contributed by atoms with Crippen LogP contribution in [0.25, 0.3) is 0 Å². The van der Waals surface area contributed by atoms with Crippen molar-refractivity contribution in [3.8, 4) is 23.3 Å². The second kappa shape index (κ2) is 23.3. The van der Waals surface area contributed by atoms with Crippen molar-refractivity contribution in [1.82, 2.24) is 24.5 Å². The van der Waals surface area contributed by atoms with E-state index in [0.29, 0.717) is 32.8 Å². The fraction of sp³-hybridized carbons (Fsp3) is 0.447. The van der Waals surface area contributed by atoms with Gasteiger partial charge in [0.05, 0.1) is 43.8 Å². The van der Waals surface area contributed by atoms with Gasteiger partial charge in [0.25, 0.3) is 17.0 Å². The molecule has 1 unspecified atom stereocenters. The lowest BCUT2D eigenvalue weighted by molar-refractivity contribution is -0.193. The number of hydrogen-bond acceptors (Lipinski definition) is 14. The number of benzene rings is 2. The molecule has 1 atom stereocenters. The quantitative estimate of drug-likeness (QED) is 0.0820. The molecule has 2 aromatic carbocycles. The summed E-state index contributed by atoms with van der Waals surface area (Å²) in [6.07, 6.45) is 7.48. The minimum atomic E-state index is -4.61. The number of aliphatic carboxylic acids is 1. The van der Waals surface area contributed by atoms with Crippen LogP contribution in [-0.4, -0.2) is 104 Å². The highest BCUT2D eigenvalue weighted by atomic mass is 32.2. The van der Waals surface area contributed by atoms with Crippen molar-refractivity contribution in [2.75, 3.05) is 61.2 Å². The molecule has 3 N–H and O–H groups in total. The van der Waals surface area contributed by atoms with Gasteiger partial charge in [-0.05, 0) is 60.5 Å². The molecule has 6 rings (SSSR count). The number of aromatic nitrogens is 4. The number of carbonyl (C=O) groups is 3. The molecule has 0 saturated heterocycles. The third-order valence-electron chi connectivity index (χ3n) is 7.88. The fourth-order valence-corrected chi connectivity index (χ4v) is 7.17. The highest BCUT2D eigenvalue weighted by molar-refractivity contribution is 7.94. The van der Waals surface area contributed by atoms with Gasteiger partial charge in [-0.15, -0.1) is 11.5 Å². The summed E-state index contributed by atoms with van der Waals surface area (Å²) in [5, 5.41) is 14.7. The predicted molar refractivity (Wildman–Crippen MR) is 231 cm³/mol. The Labute approximate surface area is 376 Å². The molecule has 0 spiro atoms. The van der Waals surface area contributed by atoms with Gasteiger partial charge in [0.1, 0.15) is 30.7 Å². The van der Waals surface area contributed by atoms with E-state index < -0.39 is 61.7 Å². The molecule has 0 saturated carbocycles. The van der Waals surface area contributed by atoms with Gasteiger partial charge in [-0.2, -0.15) is 17.5 Å². The number of ether oxygens (including phenoxy) is 2. The van der Waals surface area contributed by atoms with E-state index in [4.69, 9.17) is 25.9 Å². The maximum absolute atomic E-state index is 14.5. The van der Waals surface area contributed by atoms with Crippen molar-refractivity contribution in [2.24, 2.45) is 10.4 Å². The van der Waals surface area contributed by atoms with Gasteiger partial charge in [0, 0.05) is 42.3 Å². The Balaban J connectivity index is 0.000000265. The van der Waals surface area contributed by atoms with Crippen LogP contribution in [0.3, 0.4) is 0 Å². The lowest BCUT2D eigenvalue weighted by atomic mass is 9.92. The van der Waals surface area contributed by atoms with Crippen molar-refractivity contribution < 1.29 is 65.3 Å². The summed E-state index contributed by atoms with van der Waals surface area (Å²) in [6.45, 7) is 7.55. The average Bonchev–Trinajstić information content (AvgIpc) is 3.88. The van der Waals surface area contributed by atoms with Crippen LogP contribution in [0.5, 0.6) is 10.9 Å². The van der Waals surface area contributed by atoms with Gasteiger partial charge in [-0.25, -0.2) is 13.8 Å². The molecule has 17 nitrogen and oxygen atoms in total. The second-order valence-corrected chi connectivity index (χ2v) is 20.7. The summed E-state index contributed by atoms with van der Waals surface area (Å²) in [5.41, 5.74) is 1.13. The first kappa shape index (κ1) is 53.4. The lowest BCUT2D eigenvalue weighted by Gasteiger charge is -2.28. The summed E-state index contributed by atoms with van der Waals surface area (Å²) < 4.78 is 91.6. The Morgan fingerprint density at radius 1 is 1.19 bits per heavy atom. The molecule has 2 aliphatic rings. The molecule has 4 aromatic rings. The molecule has 2 amide bonds. The normalized spacial score (nSPS) is 14.9. The minimum Gasteiger partial charge on any atom is -0.778 e. The molecule has 64 heavy (non-hydrogen) atoms. The number of halogens is 5. The summed E-state index contributed by atoms with van der Waals surface area (Å²) >= 11 is 1.45. The van der Waals surface area contributed by atoms with Crippen LogP contribution in [0.15, 0.2) is 41.4 Å². The molecule has 26 heteroatoms. The highest BCUT2D eigenvalue weighted by Gasteiger charge is 2.36. The number of fused-ring (bicyclic) bond motifs is 2. The van der Waals surface area contributed by atoms with Crippen LogP contribution in [0, 0.1) is 29.4 Å². The van der Waals surface area contributed by atoms with Crippen LogP contribution in [0.2, 0.25) is 0 Å². The van der Waals surface area contributed by atoms with E-state index in [9.17, 15) is 45.8 Å². The zero-order chi connectivity index (χ0) is 48.2. The average molecular weight is 981 g/mol. The number of nitrogens with zero attached hydrogens (tertiary/aromatic N) is 7. The Hall–Kier alpha value is -4.96. The molecule has 350 valence electrons. The van der Waals surface area contributed by atoms with Crippen molar-refractivity contribution in [3.05, 3.63) is 63.7 Å². The predicted octanol–water partition coefficient (Wildman–Crippen LogP) is 4.43. The number of rotatable bonds is 11. The van der Waals surface area contributed by atoms with Crippen molar-refractivity contribution in [3.63, 3.8) is 0 Å². The maximum Gasteiger partial charge on any atom is 0.445 e. The molecular weight excluding hydrogens is 935 g/mol. The Kier molecular flexibility index (Phi) is 19.4. The van der Waals surface area contributed by atoms with Gasteiger partial charge in [-0.1, -0.05) is 36.2 Å². The smallest absolute Gasteiger partial charge is 0.445 e. The zero-order valence-corrected chi connectivity index (χ0v) is 38.9. The molecule has 0 bridgehead atoms. The first-order valence-electron chi connectivity index (χ1n) is 18.6. The number of carboxylic acids is 1. The second-order valence-electron chi connectivity index (χ2n) is 15.0. The summed E-state index contributed by atoms with van der Waals surface area (Å²) in [4.78, 5) is 60.0. The van der Waals surface area contributed by atoms with Gasteiger partial charge < -0.3 is 38.4 Å². The Morgan fingerprint density at radius 2 is 1.83 bits per heavy atom. The minimum absolute atomic E-state index is 0.0964. The van der Waals surface area contributed by atoms with E-state index in [1.807, 2.05) is 9.88 Å². The van der Waals surface area contributed by atoms with Crippen LogP contribution >= 0.6 is 30.5 Å². The topological polar surface area (TPSA) is 225 Å². The number of amides is 2.